The Morgan fingerprint density at radius 2 is 1.00 bits per heavy atom. The van der Waals surface area contributed by atoms with Gasteiger partial charge in [-0.3, -0.25) is 0 Å². The summed E-state index contributed by atoms with van der Waals surface area (Å²) < 4.78 is 93.0. The van der Waals surface area contributed by atoms with Crippen LogP contribution >= 0.6 is 0 Å². The number of hydrogen-bond acceptors (Lipinski definition) is 2. The van der Waals surface area contributed by atoms with Crippen molar-refractivity contribution in [3.05, 3.63) is 59.7 Å². The van der Waals surface area contributed by atoms with Crippen LogP contribution in [0.4, 0.5) is 26.3 Å². The molecule has 0 aliphatic carbocycles. The van der Waals surface area contributed by atoms with Crippen molar-refractivity contribution in [2.24, 2.45) is 0 Å². The van der Waals surface area contributed by atoms with Gasteiger partial charge in [0.05, 0.1) is 0 Å². The van der Waals surface area contributed by atoms with E-state index < -0.39 is 51.7 Å². The van der Waals surface area contributed by atoms with E-state index in [9.17, 15) is 26.3 Å². The van der Waals surface area contributed by atoms with Gasteiger partial charge in [0.1, 0.15) is 0 Å². The molecular formula is C20H20F6O2SiZr. The fraction of sp³-hybridized carbons (Fsp3) is 0.300. The normalized spacial score (nSPS) is 17.1. The molecule has 30 heavy (non-hydrogen) atoms. The molecule has 0 N–H and O–H groups in total. The Morgan fingerprint density at radius 1 is 0.667 bits per heavy atom. The summed E-state index contributed by atoms with van der Waals surface area (Å²) >= 11 is -4.06. The molecule has 1 heterocycles. The van der Waals surface area contributed by atoms with Crippen molar-refractivity contribution >= 4 is 15.5 Å². The van der Waals surface area contributed by atoms with Crippen LogP contribution in [0.15, 0.2) is 48.5 Å². The number of rotatable bonds is 4. The first kappa shape index (κ1) is 23.1. The zero-order valence-electron chi connectivity index (χ0n) is 16.3. The van der Waals surface area contributed by atoms with Gasteiger partial charge < -0.3 is 0 Å². The van der Waals surface area contributed by atoms with Gasteiger partial charge >= 0.3 is 176 Å². The van der Waals surface area contributed by atoms with Crippen molar-refractivity contribution in [2.75, 3.05) is 0 Å². The van der Waals surface area contributed by atoms with Gasteiger partial charge in [-0.25, -0.2) is 0 Å². The van der Waals surface area contributed by atoms with Crippen molar-refractivity contribution in [3.8, 4) is 11.5 Å². The summed E-state index contributed by atoms with van der Waals surface area (Å²) in [5.74, 6) is 0.499. The molecule has 3 rings (SSSR count). The van der Waals surface area contributed by atoms with Crippen molar-refractivity contribution in [2.45, 2.75) is 37.5 Å². The first-order chi connectivity index (χ1) is 13.8. The third-order valence-corrected chi connectivity index (χ3v) is 15.9. The maximum atomic E-state index is 12.8. The van der Waals surface area contributed by atoms with Gasteiger partial charge in [-0.05, 0) is 0 Å². The SMILES string of the molecule is C[Si]1(C)C[CH]=[Zr]([O]c2ccc(C(F)(F)F)cc2)([O]c2ccc(C(F)(F)F)cc2)=[CH]C1. The fourth-order valence-electron chi connectivity index (χ4n) is 2.98. The molecule has 0 spiro atoms. The van der Waals surface area contributed by atoms with Gasteiger partial charge in [0.15, 0.2) is 0 Å². The Hall–Kier alpha value is -1.54. The van der Waals surface area contributed by atoms with Gasteiger partial charge in [-0.1, -0.05) is 0 Å². The van der Waals surface area contributed by atoms with Crippen molar-refractivity contribution < 1.29 is 52.1 Å². The number of hydrogen-bond donors (Lipinski definition) is 0. The Labute approximate surface area is 176 Å². The van der Waals surface area contributed by atoms with Crippen LogP contribution < -0.4 is 5.63 Å². The summed E-state index contributed by atoms with van der Waals surface area (Å²) in [5, 5.41) is 0. The van der Waals surface area contributed by atoms with E-state index in [1.54, 1.807) is 0 Å². The molecule has 162 valence electrons. The van der Waals surface area contributed by atoms with Gasteiger partial charge in [-0.2, -0.15) is 0 Å². The number of alkyl halides is 6. The fourth-order valence-corrected chi connectivity index (χ4v) is 21.0. The van der Waals surface area contributed by atoms with Crippen molar-refractivity contribution in [1.29, 1.82) is 0 Å². The molecule has 10 heteroatoms. The summed E-state index contributed by atoms with van der Waals surface area (Å²) in [4.78, 5) is 0. The predicted octanol–water partition coefficient (Wildman–Crippen LogP) is 6.49. The Morgan fingerprint density at radius 3 is 1.30 bits per heavy atom. The Balaban J connectivity index is 1.91. The molecule has 2 nitrogen and oxygen atoms in total. The average Bonchev–Trinajstić information content (AvgIpc) is 2.64. The standard InChI is InChI=1S/2C7H5F3O.C6H12Si.Zr/c2*8-7(9,10)5-1-3-6(11)4-2-5;1-5-7(3,4)6-2;/h2*1-4,11H;1-2H,5-6H2,3-4H3;/q;;;+2/p-2. The third-order valence-electron chi connectivity index (χ3n) is 4.80. The van der Waals surface area contributed by atoms with Crippen LogP contribution in [0.5, 0.6) is 11.5 Å². The summed E-state index contributed by atoms with van der Waals surface area (Å²) in [6.07, 6.45) is -8.90. The summed E-state index contributed by atoms with van der Waals surface area (Å²) in [6.45, 7) is 4.40. The molecule has 0 radical (unpaired) electrons. The van der Waals surface area contributed by atoms with Gasteiger partial charge in [0.25, 0.3) is 0 Å². The Bertz CT molecular complexity index is 930. The van der Waals surface area contributed by atoms with E-state index in [0.29, 0.717) is 0 Å². The summed E-state index contributed by atoms with van der Waals surface area (Å²) in [7, 11) is -1.50. The second kappa shape index (κ2) is 8.19. The molecule has 0 saturated carbocycles. The molecule has 0 amide bonds. The molecule has 2 aromatic rings. The molecule has 0 saturated heterocycles. The van der Waals surface area contributed by atoms with Crippen LogP contribution in [0.1, 0.15) is 11.1 Å². The van der Waals surface area contributed by atoms with Crippen LogP contribution in [0.25, 0.3) is 0 Å². The van der Waals surface area contributed by atoms with E-state index in [0.717, 1.165) is 36.4 Å². The molecule has 0 aromatic heterocycles. The van der Waals surface area contributed by atoms with E-state index in [-0.39, 0.29) is 11.5 Å². The monoisotopic (exact) mass is 524 g/mol. The van der Waals surface area contributed by atoms with E-state index in [4.69, 9.17) is 5.63 Å². The number of benzene rings is 2. The first-order valence-corrected chi connectivity index (χ1v) is 17.5. The quantitative estimate of drug-likeness (QED) is 0.336. The Kier molecular flexibility index (Phi) is 6.31. The molecule has 2 aromatic carbocycles. The van der Waals surface area contributed by atoms with Gasteiger partial charge in [0, 0.05) is 0 Å². The van der Waals surface area contributed by atoms with Gasteiger partial charge in [0.2, 0.25) is 0 Å². The minimum absolute atomic E-state index is 0.250. The second-order valence-electron chi connectivity index (χ2n) is 7.95. The van der Waals surface area contributed by atoms with E-state index >= 15 is 0 Å². The van der Waals surface area contributed by atoms with Crippen molar-refractivity contribution in [3.63, 3.8) is 0 Å². The van der Waals surface area contributed by atoms with Crippen LogP contribution in [-0.4, -0.2) is 15.5 Å². The van der Waals surface area contributed by atoms with Crippen LogP contribution in [0.3, 0.4) is 0 Å². The number of halogens is 6. The van der Waals surface area contributed by atoms with Crippen LogP contribution in [0, 0.1) is 0 Å². The summed E-state index contributed by atoms with van der Waals surface area (Å²) in [5.41, 5.74) is -1.57. The van der Waals surface area contributed by atoms with E-state index in [2.05, 4.69) is 13.1 Å². The molecular weight excluding hydrogens is 506 g/mol. The summed E-state index contributed by atoms with van der Waals surface area (Å²) in [6, 6.07) is 10.4. The minimum atomic E-state index is -4.45. The maximum absolute atomic E-state index is 12.8. The molecule has 0 bridgehead atoms. The van der Waals surface area contributed by atoms with Crippen molar-refractivity contribution in [1.82, 2.24) is 0 Å². The molecule has 1 aliphatic heterocycles. The van der Waals surface area contributed by atoms with Gasteiger partial charge in [-0.15, -0.1) is 0 Å². The zero-order valence-corrected chi connectivity index (χ0v) is 19.7. The third kappa shape index (κ3) is 5.78. The predicted molar refractivity (Wildman–Crippen MR) is 103 cm³/mol. The van der Waals surface area contributed by atoms with Crippen LogP contribution in [-0.2, 0) is 32.5 Å². The first-order valence-electron chi connectivity index (χ1n) is 9.19. The molecule has 0 unspecified atom stereocenters. The topological polar surface area (TPSA) is 18.5 Å². The molecule has 0 fully saturated rings. The van der Waals surface area contributed by atoms with E-state index in [1.165, 1.54) is 24.3 Å². The molecule has 1 aliphatic rings. The zero-order chi connectivity index (χ0) is 22.2. The average molecular weight is 526 g/mol. The molecule has 0 atom stereocenters. The van der Waals surface area contributed by atoms with E-state index in [1.807, 2.05) is 7.42 Å². The van der Waals surface area contributed by atoms with Crippen LogP contribution in [0.2, 0.25) is 25.2 Å². The second-order valence-corrected chi connectivity index (χ2v) is 19.7.